The summed E-state index contributed by atoms with van der Waals surface area (Å²) in [6.07, 6.45) is 2.26. The molecule has 2 rings (SSSR count). The van der Waals surface area contributed by atoms with Crippen molar-refractivity contribution in [2.75, 3.05) is 5.32 Å². The quantitative estimate of drug-likeness (QED) is 0.880. The van der Waals surface area contributed by atoms with Gasteiger partial charge in [0.15, 0.2) is 0 Å². The van der Waals surface area contributed by atoms with Crippen molar-refractivity contribution in [1.82, 2.24) is 10.2 Å². The molecule has 94 valence electrons. The van der Waals surface area contributed by atoms with E-state index >= 15 is 0 Å². The molecule has 1 heterocycles. The normalized spacial score (nSPS) is 10.4. The number of hydrogen-bond acceptors (Lipinski definition) is 2. The third kappa shape index (κ3) is 2.37. The van der Waals surface area contributed by atoms with Crippen LogP contribution in [0.25, 0.3) is 0 Å². The maximum Gasteiger partial charge on any atom is 0.259 e. The number of aromatic nitrogens is 2. The minimum Gasteiger partial charge on any atom is -0.307 e. The van der Waals surface area contributed by atoms with E-state index in [0.717, 1.165) is 17.7 Å². The fourth-order valence-corrected chi connectivity index (χ4v) is 1.54. The van der Waals surface area contributed by atoms with Gasteiger partial charge in [-0.05, 0) is 18.6 Å². The van der Waals surface area contributed by atoms with Crippen LogP contribution in [0.15, 0.2) is 24.4 Å². The lowest BCUT2D eigenvalue weighted by molar-refractivity contribution is 0.102. The first-order chi connectivity index (χ1) is 8.61. The van der Waals surface area contributed by atoms with Crippen LogP contribution < -0.4 is 5.32 Å². The first kappa shape index (κ1) is 12.2. The number of aryl methyl sites for hydroxylation is 1. The second-order valence-electron chi connectivity index (χ2n) is 3.70. The molecule has 18 heavy (non-hydrogen) atoms. The maximum atomic E-state index is 13.4. The Bertz CT molecular complexity index is 580. The molecular formula is C12H11F2N3O. The molecule has 2 N–H and O–H groups in total. The molecule has 0 saturated carbocycles. The van der Waals surface area contributed by atoms with E-state index in [1.54, 1.807) is 6.20 Å². The van der Waals surface area contributed by atoms with Crippen molar-refractivity contribution in [2.45, 2.75) is 13.3 Å². The van der Waals surface area contributed by atoms with Crippen molar-refractivity contribution in [1.29, 1.82) is 0 Å². The van der Waals surface area contributed by atoms with Gasteiger partial charge in [0.25, 0.3) is 5.91 Å². The highest BCUT2D eigenvalue weighted by Gasteiger charge is 2.14. The Morgan fingerprint density at radius 2 is 2.22 bits per heavy atom. The van der Waals surface area contributed by atoms with Gasteiger partial charge in [0.2, 0.25) is 0 Å². The van der Waals surface area contributed by atoms with E-state index in [1.807, 2.05) is 6.92 Å². The van der Waals surface area contributed by atoms with Crippen LogP contribution in [0.4, 0.5) is 14.6 Å². The van der Waals surface area contributed by atoms with Crippen molar-refractivity contribution >= 4 is 11.7 Å². The van der Waals surface area contributed by atoms with Gasteiger partial charge in [0, 0.05) is 11.6 Å². The average Bonchev–Trinajstić information content (AvgIpc) is 2.76. The zero-order chi connectivity index (χ0) is 13.1. The Labute approximate surface area is 102 Å². The predicted molar refractivity (Wildman–Crippen MR) is 62.3 cm³/mol. The van der Waals surface area contributed by atoms with Gasteiger partial charge in [-0.25, -0.2) is 8.78 Å². The van der Waals surface area contributed by atoms with Crippen molar-refractivity contribution in [2.24, 2.45) is 0 Å². The van der Waals surface area contributed by atoms with Crippen LogP contribution in [0.5, 0.6) is 0 Å². The summed E-state index contributed by atoms with van der Waals surface area (Å²) in [4.78, 5) is 11.8. The number of halogens is 2. The highest BCUT2D eigenvalue weighted by molar-refractivity contribution is 6.04. The summed E-state index contributed by atoms with van der Waals surface area (Å²) in [5.41, 5.74) is 0.596. The van der Waals surface area contributed by atoms with Crippen LogP contribution >= 0.6 is 0 Å². The summed E-state index contributed by atoms with van der Waals surface area (Å²) in [5, 5.41) is 8.89. The van der Waals surface area contributed by atoms with E-state index in [2.05, 4.69) is 15.5 Å². The molecule has 0 bridgehead atoms. The highest BCUT2D eigenvalue weighted by Crippen LogP contribution is 2.15. The number of carbonyl (C=O) groups is 1. The van der Waals surface area contributed by atoms with E-state index in [1.165, 1.54) is 0 Å². The molecule has 0 aliphatic carbocycles. The average molecular weight is 251 g/mol. The third-order valence-corrected chi connectivity index (χ3v) is 2.51. The minimum atomic E-state index is -0.898. The molecule has 0 aliphatic heterocycles. The highest BCUT2D eigenvalue weighted by atomic mass is 19.1. The lowest BCUT2D eigenvalue weighted by Gasteiger charge is -2.05. The number of amides is 1. The van der Waals surface area contributed by atoms with Gasteiger partial charge < -0.3 is 5.32 Å². The zero-order valence-corrected chi connectivity index (χ0v) is 9.63. The van der Waals surface area contributed by atoms with Crippen molar-refractivity contribution in [3.05, 3.63) is 47.2 Å². The van der Waals surface area contributed by atoms with Crippen molar-refractivity contribution in [3.63, 3.8) is 0 Å². The molecule has 0 radical (unpaired) electrons. The van der Waals surface area contributed by atoms with Crippen LogP contribution in [-0.2, 0) is 6.42 Å². The number of nitrogens with zero attached hydrogens (tertiary/aromatic N) is 1. The van der Waals surface area contributed by atoms with E-state index in [-0.39, 0.29) is 5.56 Å². The standard InChI is InChI=1S/C12H11F2N3O/c1-2-7-6-15-17-11(7)16-12(18)9-4-3-8(13)5-10(9)14/h3-6H,2H2,1H3,(H2,15,16,17,18). The lowest BCUT2D eigenvalue weighted by Crippen LogP contribution is -2.15. The fourth-order valence-electron chi connectivity index (χ4n) is 1.54. The second kappa shape index (κ2) is 4.95. The summed E-state index contributed by atoms with van der Waals surface area (Å²) < 4.78 is 26.1. The molecule has 1 amide bonds. The van der Waals surface area contributed by atoms with Crippen LogP contribution in [0.1, 0.15) is 22.8 Å². The SMILES string of the molecule is CCc1cn[nH]c1NC(=O)c1ccc(F)cc1F. The Morgan fingerprint density at radius 1 is 1.44 bits per heavy atom. The number of aromatic amines is 1. The molecular weight excluding hydrogens is 240 g/mol. The number of nitrogens with one attached hydrogen (secondary N) is 2. The molecule has 0 fully saturated rings. The first-order valence-electron chi connectivity index (χ1n) is 5.40. The van der Waals surface area contributed by atoms with E-state index in [4.69, 9.17) is 0 Å². The summed E-state index contributed by atoms with van der Waals surface area (Å²) >= 11 is 0. The topological polar surface area (TPSA) is 57.8 Å². The van der Waals surface area contributed by atoms with E-state index < -0.39 is 17.5 Å². The monoisotopic (exact) mass is 251 g/mol. The van der Waals surface area contributed by atoms with Crippen LogP contribution in [0.2, 0.25) is 0 Å². The van der Waals surface area contributed by atoms with E-state index in [9.17, 15) is 13.6 Å². The summed E-state index contributed by atoms with van der Waals surface area (Å²) in [7, 11) is 0. The largest absolute Gasteiger partial charge is 0.307 e. The molecule has 0 saturated heterocycles. The lowest BCUT2D eigenvalue weighted by atomic mass is 10.2. The smallest absolute Gasteiger partial charge is 0.259 e. The van der Waals surface area contributed by atoms with Gasteiger partial charge in [-0.3, -0.25) is 9.89 Å². The summed E-state index contributed by atoms with van der Waals surface area (Å²) in [6.45, 7) is 1.90. The molecule has 6 heteroatoms. The molecule has 0 unspecified atom stereocenters. The molecule has 0 atom stereocenters. The molecule has 4 nitrogen and oxygen atoms in total. The molecule has 1 aromatic heterocycles. The third-order valence-electron chi connectivity index (χ3n) is 2.51. The van der Waals surface area contributed by atoms with E-state index in [0.29, 0.717) is 18.3 Å². The van der Waals surface area contributed by atoms with Crippen molar-refractivity contribution in [3.8, 4) is 0 Å². The fraction of sp³-hybridized carbons (Fsp3) is 0.167. The van der Waals surface area contributed by atoms with Gasteiger partial charge in [0.05, 0.1) is 11.8 Å². The Morgan fingerprint density at radius 3 is 2.89 bits per heavy atom. The van der Waals surface area contributed by atoms with Crippen LogP contribution in [0, 0.1) is 11.6 Å². The minimum absolute atomic E-state index is 0.215. The van der Waals surface area contributed by atoms with Crippen molar-refractivity contribution < 1.29 is 13.6 Å². The molecule has 2 aromatic rings. The molecule has 1 aromatic carbocycles. The second-order valence-corrected chi connectivity index (χ2v) is 3.70. The van der Waals surface area contributed by atoms with Gasteiger partial charge in [-0.2, -0.15) is 5.10 Å². The first-order valence-corrected chi connectivity index (χ1v) is 5.40. The van der Waals surface area contributed by atoms with Gasteiger partial charge in [-0.1, -0.05) is 6.92 Å². The Balaban J connectivity index is 2.22. The number of benzene rings is 1. The summed E-state index contributed by atoms with van der Waals surface area (Å²) in [6, 6.07) is 2.80. The number of anilines is 1. The maximum absolute atomic E-state index is 13.4. The number of rotatable bonds is 3. The van der Waals surface area contributed by atoms with Crippen LogP contribution in [0.3, 0.4) is 0 Å². The number of H-pyrrole nitrogens is 1. The van der Waals surface area contributed by atoms with Gasteiger partial charge in [-0.15, -0.1) is 0 Å². The number of hydrogen-bond donors (Lipinski definition) is 2. The van der Waals surface area contributed by atoms with Crippen LogP contribution in [-0.4, -0.2) is 16.1 Å². The van der Waals surface area contributed by atoms with Gasteiger partial charge >= 0.3 is 0 Å². The summed E-state index contributed by atoms with van der Waals surface area (Å²) in [5.74, 6) is -1.84. The van der Waals surface area contributed by atoms with Gasteiger partial charge in [0.1, 0.15) is 17.5 Å². The number of carbonyl (C=O) groups excluding carboxylic acids is 1. The Hall–Kier alpha value is -2.24. The Kier molecular flexibility index (Phi) is 3.36. The molecule has 0 spiro atoms. The zero-order valence-electron chi connectivity index (χ0n) is 9.63. The molecule has 0 aliphatic rings. The predicted octanol–water partition coefficient (Wildman–Crippen LogP) is 2.50.